The monoisotopic (exact) mass is 492 g/mol. The summed E-state index contributed by atoms with van der Waals surface area (Å²) >= 11 is 0. The maximum absolute atomic E-state index is 13.1. The van der Waals surface area contributed by atoms with Gasteiger partial charge in [-0.15, -0.1) is 0 Å². The van der Waals surface area contributed by atoms with E-state index in [0.717, 1.165) is 0 Å². The SMILES string of the molecule is CC(C)C[C@H](NC(=O)CC1NC(=O)[C@H](N)CCCCNC(=O)C(Cc2cnc[nH]2)NC1=O)C(N)=O. The number of amides is 5. The summed E-state index contributed by atoms with van der Waals surface area (Å²) in [5.74, 6) is -3.00. The molecule has 1 aliphatic heterocycles. The van der Waals surface area contributed by atoms with E-state index in [1.54, 1.807) is 0 Å². The van der Waals surface area contributed by atoms with Crippen LogP contribution in [0.1, 0.15) is 51.6 Å². The molecule has 9 N–H and O–H groups in total. The molecular weight excluding hydrogens is 456 g/mol. The lowest BCUT2D eigenvalue weighted by atomic mass is 10.0. The summed E-state index contributed by atoms with van der Waals surface area (Å²) in [6.45, 7) is 4.10. The van der Waals surface area contributed by atoms with Crippen molar-refractivity contribution >= 4 is 29.5 Å². The number of hydrogen-bond acceptors (Lipinski definition) is 7. The standard InChI is InChI=1S/C22H36N8O5/c1-12(2)7-15(19(24)32)28-18(31)9-17-22(35)30-16(8-13-10-25-11-27-13)21(34)26-6-4-3-5-14(23)20(33)29-17/h10-12,14-17H,3-9,23H2,1-2H3,(H2,24,32)(H,25,27)(H,26,34)(H,28,31)(H,29,33)(H,30,35)/t14-,15+,16?,17?/m1/s1. The fourth-order valence-corrected chi connectivity index (χ4v) is 3.70. The Kier molecular flexibility index (Phi) is 10.6. The van der Waals surface area contributed by atoms with Crippen LogP contribution in [0, 0.1) is 5.92 Å². The molecule has 0 spiro atoms. The summed E-state index contributed by atoms with van der Waals surface area (Å²) in [7, 11) is 0. The second kappa shape index (κ2) is 13.4. The molecule has 0 saturated carbocycles. The van der Waals surface area contributed by atoms with Crippen molar-refractivity contribution in [3.8, 4) is 0 Å². The van der Waals surface area contributed by atoms with E-state index in [2.05, 4.69) is 31.2 Å². The molecule has 13 heteroatoms. The van der Waals surface area contributed by atoms with Crippen molar-refractivity contribution in [3.05, 3.63) is 18.2 Å². The van der Waals surface area contributed by atoms with Crippen LogP contribution in [0.25, 0.3) is 0 Å². The number of aromatic amines is 1. The Morgan fingerprint density at radius 3 is 2.46 bits per heavy atom. The van der Waals surface area contributed by atoms with Gasteiger partial charge in [0.1, 0.15) is 18.1 Å². The minimum atomic E-state index is -1.32. The smallest absolute Gasteiger partial charge is 0.243 e. The van der Waals surface area contributed by atoms with Gasteiger partial charge in [0.05, 0.1) is 18.8 Å². The molecule has 35 heavy (non-hydrogen) atoms. The Morgan fingerprint density at radius 1 is 1.11 bits per heavy atom. The highest BCUT2D eigenvalue weighted by molar-refractivity contribution is 5.96. The predicted molar refractivity (Wildman–Crippen MR) is 126 cm³/mol. The van der Waals surface area contributed by atoms with Crippen molar-refractivity contribution in [2.45, 2.75) is 76.5 Å². The van der Waals surface area contributed by atoms with Crippen LogP contribution >= 0.6 is 0 Å². The fraction of sp³-hybridized carbons (Fsp3) is 0.636. The van der Waals surface area contributed by atoms with Gasteiger partial charge < -0.3 is 37.7 Å². The number of nitrogens with zero attached hydrogens (tertiary/aromatic N) is 1. The van der Waals surface area contributed by atoms with Crippen molar-refractivity contribution in [1.82, 2.24) is 31.2 Å². The Bertz CT molecular complexity index is 888. The number of carbonyl (C=O) groups excluding carboxylic acids is 5. The number of nitrogens with two attached hydrogens (primary N) is 2. The molecule has 0 bridgehead atoms. The molecule has 1 saturated heterocycles. The first-order valence-corrected chi connectivity index (χ1v) is 11.8. The summed E-state index contributed by atoms with van der Waals surface area (Å²) in [5.41, 5.74) is 12.0. The third kappa shape index (κ3) is 9.35. The number of carbonyl (C=O) groups is 5. The zero-order valence-corrected chi connectivity index (χ0v) is 20.1. The molecular formula is C22H36N8O5. The summed E-state index contributed by atoms with van der Waals surface area (Å²) in [6, 6.07) is -4.10. The van der Waals surface area contributed by atoms with Crippen LogP contribution in [0.15, 0.2) is 12.5 Å². The second-order valence-electron chi connectivity index (χ2n) is 9.15. The first kappa shape index (κ1) is 27.8. The normalized spacial score (nSPS) is 23.1. The molecule has 5 amide bonds. The van der Waals surface area contributed by atoms with Crippen LogP contribution in [0.5, 0.6) is 0 Å². The van der Waals surface area contributed by atoms with Crippen molar-refractivity contribution < 1.29 is 24.0 Å². The van der Waals surface area contributed by atoms with Crippen LogP contribution in [0.4, 0.5) is 0 Å². The van der Waals surface area contributed by atoms with Crippen LogP contribution in [-0.2, 0) is 30.4 Å². The third-order valence-electron chi connectivity index (χ3n) is 5.60. The van der Waals surface area contributed by atoms with Crippen LogP contribution in [-0.4, -0.2) is 70.2 Å². The molecule has 2 rings (SSSR count). The number of rotatable bonds is 8. The third-order valence-corrected chi connectivity index (χ3v) is 5.60. The van der Waals surface area contributed by atoms with Crippen molar-refractivity contribution in [1.29, 1.82) is 0 Å². The second-order valence-corrected chi connectivity index (χ2v) is 9.15. The van der Waals surface area contributed by atoms with Crippen molar-refractivity contribution in [2.75, 3.05) is 6.54 Å². The number of H-pyrrole nitrogens is 1. The quantitative estimate of drug-likeness (QED) is 0.215. The number of primary amides is 1. The van der Waals surface area contributed by atoms with Crippen LogP contribution in [0.2, 0.25) is 0 Å². The topological polar surface area (TPSA) is 214 Å². The lowest BCUT2D eigenvalue weighted by Gasteiger charge is -2.24. The van der Waals surface area contributed by atoms with Crippen molar-refractivity contribution in [2.24, 2.45) is 17.4 Å². The molecule has 194 valence electrons. The maximum atomic E-state index is 13.1. The highest BCUT2D eigenvalue weighted by atomic mass is 16.2. The zero-order chi connectivity index (χ0) is 26.0. The molecule has 1 aliphatic rings. The van der Waals surface area contributed by atoms with Gasteiger partial charge in [-0.05, 0) is 31.6 Å². The minimum Gasteiger partial charge on any atom is -0.368 e. The number of imidazole rings is 1. The maximum Gasteiger partial charge on any atom is 0.243 e. The van der Waals surface area contributed by atoms with Gasteiger partial charge in [-0.1, -0.05) is 13.8 Å². The molecule has 1 fully saturated rings. The lowest BCUT2D eigenvalue weighted by molar-refractivity contribution is -0.134. The van der Waals surface area contributed by atoms with Crippen LogP contribution < -0.4 is 32.7 Å². The van der Waals surface area contributed by atoms with Gasteiger partial charge in [0.25, 0.3) is 0 Å². The molecule has 0 aliphatic carbocycles. The Morgan fingerprint density at radius 2 is 1.83 bits per heavy atom. The summed E-state index contributed by atoms with van der Waals surface area (Å²) in [6.07, 6.45) is 4.50. The van der Waals surface area contributed by atoms with Gasteiger partial charge in [-0.2, -0.15) is 0 Å². The molecule has 2 heterocycles. The Hall–Kier alpha value is -3.48. The summed E-state index contributed by atoms with van der Waals surface area (Å²) in [5, 5.41) is 10.4. The van der Waals surface area contributed by atoms with E-state index in [-0.39, 0.29) is 12.3 Å². The van der Waals surface area contributed by atoms with Crippen molar-refractivity contribution in [3.63, 3.8) is 0 Å². The van der Waals surface area contributed by atoms with E-state index in [9.17, 15) is 24.0 Å². The zero-order valence-electron chi connectivity index (χ0n) is 20.1. The molecule has 1 aromatic heterocycles. The average molecular weight is 493 g/mol. The van der Waals surface area contributed by atoms with Crippen LogP contribution in [0.3, 0.4) is 0 Å². The van der Waals surface area contributed by atoms with Gasteiger partial charge in [-0.25, -0.2) is 4.98 Å². The summed E-state index contributed by atoms with van der Waals surface area (Å²) < 4.78 is 0. The van der Waals surface area contributed by atoms with Gasteiger partial charge >= 0.3 is 0 Å². The molecule has 0 aromatic carbocycles. The predicted octanol–water partition coefficient (Wildman–Crippen LogP) is -2.04. The van der Waals surface area contributed by atoms with E-state index in [4.69, 9.17) is 11.5 Å². The van der Waals surface area contributed by atoms with E-state index in [1.165, 1.54) is 12.5 Å². The number of nitrogens with one attached hydrogen (secondary N) is 5. The first-order valence-electron chi connectivity index (χ1n) is 11.8. The highest BCUT2D eigenvalue weighted by Crippen LogP contribution is 2.07. The number of hydrogen-bond donors (Lipinski definition) is 7. The van der Waals surface area contributed by atoms with E-state index in [0.29, 0.717) is 37.9 Å². The van der Waals surface area contributed by atoms with Gasteiger partial charge in [0.2, 0.25) is 29.5 Å². The number of aromatic nitrogens is 2. The fourth-order valence-electron chi connectivity index (χ4n) is 3.70. The van der Waals surface area contributed by atoms with Gasteiger partial charge in [0, 0.05) is 24.9 Å². The molecule has 1 aromatic rings. The molecule has 2 unspecified atom stereocenters. The van der Waals surface area contributed by atoms with Gasteiger partial charge in [0.15, 0.2) is 0 Å². The highest BCUT2D eigenvalue weighted by Gasteiger charge is 2.31. The van der Waals surface area contributed by atoms with E-state index < -0.39 is 60.1 Å². The Balaban J connectivity index is 2.22. The van der Waals surface area contributed by atoms with E-state index >= 15 is 0 Å². The lowest BCUT2D eigenvalue weighted by Crippen LogP contribution is -2.57. The average Bonchev–Trinajstić information content (AvgIpc) is 3.29. The first-order chi connectivity index (χ1) is 16.6. The van der Waals surface area contributed by atoms with Gasteiger partial charge in [-0.3, -0.25) is 24.0 Å². The molecule has 13 nitrogen and oxygen atoms in total. The van der Waals surface area contributed by atoms with E-state index in [1.807, 2.05) is 13.8 Å². The Labute approximate surface area is 203 Å². The largest absolute Gasteiger partial charge is 0.368 e. The minimum absolute atomic E-state index is 0.0841. The molecule has 0 radical (unpaired) electrons. The summed E-state index contributed by atoms with van der Waals surface area (Å²) in [4.78, 5) is 69.8. The molecule has 4 atom stereocenters.